The van der Waals surface area contributed by atoms with Gasteiger partial charge in [-0.15, -0.1) is 11.3 Å². The van der Waals surface area contributed by atoms with Crippen molar-refractivity contribution in [2.75, 3.05) is 11.1 Å². The fourth-order valence-electron chi connectivity index (χ4n) is 4.49. The highest BCUT2D eigenvalue weighted by molar-refractivity contribution is 7.10. The normalized spacial score (nSPS) is 14.9. The van der Waals surface area contributed by atoms with Crippen LogP contribution in [0.1, 0.15) is 46.6 Å². The van der Waals surface area contributed by atoms with E-state index in [4.69, 9.17) is 10.7 Å². The Bertz CT molecular complexity index is 1230. The number of nitrogens with zero attached hydrogens (tertiary/aromatic N) is 2. The highest BCUT2D eigenvalue weighted by Crippen LogP contribution is 2.48. The molecule has 0 spiro atoms. The number of amides is 1. The number of aromatic nitrogens is 2. The molecule has 2 aromatic heterocycles. The van der Waals surface area contributed by atoms with Gasteiger partial charge in [0.2, 0.25) is 0 Å². The fourth-order valence-corrected chi connectivity index (χ4v) is 5.60. The summed E-state index contributed by atoms with van der Waals surface area (Å²) < 4.78 is 0. The lowest BCUT2D eigenvalue weighted by Crippen LogP contribution is -2.24. The summed E-state index contributed by atoms with van der Waals surface area (Å²) in [7, 11) is 0. The van der Waals surface area contributed by atoms with Gasteiger partial charge in [0.05, 0.1) is 17.1 Å². The van der Waals surface area contributed by atoms with Crippen molar-refractivity contribution in [3.8, 4) is 11.3 Å². The van der Waals surface area contributed by atoms with E-state index in [-0.39, 0.29) is 11.3 Å². The summed E-state index contributed by atoms with van der Waals surface area (Å²) in [5, 5.41) is 6.16. The minimum absolute atomic E-state index is 0.0933. The first kappa shape index (κ1) is 20.4. The third kappa shape index (κ3) is 3.78. The number of benzene rings is 2. The molecule has 0 unspecified atom stereocenters. The van der Waals surface area contributed by atoms with Gasteiger partial charge in [-0.05, 0) is 54.8 Å². The minimum atomic E-state index is -0.164. The summed E-state index contributed by atoms with van der Waals surface area (Å²) in [4.78, 5) is 22.0. The molecule has 1 fully saturated rings. The Morgan fingerprint density at radius 3 is 2.50 bits per heavy atom. The number of pyridine rings is 1. The molecule has 0 saturated heterocycles. The summed E-state index contributed by atoms with van der Waals surface area (Å²) >= 11 is 1.72. The number of rotatable bonds is 5. The molecule has 1 amide bonds. The molecular weight excluding hydrogens is 416 g/mol. The van der Waals surface area contributed by atoms with Crippen LogP contribution in [0.2, 0.25) is 0 Å². The number of nitrogen functional groups attached to an aromatic ring is 1. The number of thiazole rings is 1. The van der Waals surface area contributed by atoms with Crippen LogP contribution in [-0.4, -0.2) is 15.9 Å². The van der Waals surface area contributed by atoms with Gasteiger partial charge in [0.1, 0.15) is 5.01 Å². The molecule has 1 saturated carbocycles. The van der Waals surface area contributed by atoms with Crippen LogP contribution in [0.4, 0.5) is 11.4 Å². The number of para-hydroxylation sites is 2. The second-order valence-corrected chi connectivity index (χ2v) is 9.05. The van der Waals surface area contributed by atoms with Crippen molar-refractivity contribution in [2.24, 2.45) is 0 Å². The number of carbonyl (C=O) groups excluding carboxylic acids is 1. The van der Waals surface area contributed by atoms with E-state index in [9.17, 15) is 4.79 Å². The fraction of sp³-hybridized carbons (Fsp3) is 0.192. The van der Waals surface area contributed by atoms with Crippen molar-refractivity contribution in [1.82, 2.24) is 9.97 Å². The van der Waals surface area contributed by atoms with E-state index in [0.29, 0.717) is 16.9 Å². The maximum atomic E-state index is 12.7. The zero-order valence-corrected chi connectivity index (χ0v) is 18.4. The molecule has 5 rings (SSSR count). The topological polar surface area (TPSA) is 80.9 Å². The van der Waals surface area contributed by atoms with Crippen molar-refractivity contribution in [3.05, 3.63) is 94.6 Å². The molecule has 1 aliphatic rings. The third-order valence-corrected chi connectivity index (χ3v) is 7.28. The predicted molar refractivity (Wildman–Crippen MR) is 130 cm³/mol. The molecule has 2 aromatic carbocycles. The first-order valence-corrected chi connectivity index (χ1v) is 11.7. The summed E-state index contributed by atoms with van der Waals surface area (Å²) in [6.07, 6.45) is 8.12. The largest absolute Gasteiger partial charge is 0.397 e. The van der Waals surface area contributed by atoms with Crippen LogP contribution in [-0.2, 0) is 5.41 Å². The lowest BCUT2D eigenvalue weighted by molar-refractivity contribution is 0.102. The maximum absolute atomic E-state index is 12.7. The minimum Gasteiger partial charge on any atom is -0.397 e. The molecule has 3 N–H and O–H groups in total. The summed E-state index contributed by atoms with van der Waals surface area (Å²) in [6, 6.07) is 19.2. The molecule has 0 bridgehead atoms. The quantitative estimate of drug-likeness (QED) is 0.379. The average Bonchev–Trinajstić information content (AvgIpc) is 3.52. The van der Waals surface area contributed by atoms with Gasteiger partial charge in [0, 0.05) is 34.3 Å². The van der Waals surface area contributed by atoms with Crippen LogP contribution < -0.4 is 11.1 Å². The van der Waals surface area contributed by atoms with E-state index in [0.717, 1.165) is 29.1 Å². The summed E-state index contributed by atoms with van der Waals surface area (Å²) in [6.45, 7) is 0. The van der Waals surface area contributed by atoms with Crippen LogP contribution in [0.15, 0.2) is 78.4 Å². The highest BCUT2D eigenvalue weighted by atomic mass is 32.1. The van der Waals surface area contributed by atoms with Crippen molar-refractivity contribution in [2.45, 2.75) is 31.1 Å². The Balaban J connectivity index is 1.42. The number of nitrogens with two attached hydrogens (primary N) is 1. The molecule has 6 heteroatoms. The van der Waals surface area contributed by atoms with Crippen LogP contribution in [0.3, 0.4) is 0 Å². The Morgan fingerprint density at radius 2 is 1.78 bits per heavy atom. The van der Waals surface area contributed by atoms with Gasteiger partial charge < -0.3 is 11.1 Å². The number of hydrogen-bond donors (Lipinski definition) is 2. The Kier molecular flexibility index (Phi) is 5.45. The highest BCUT2D eigenvalue weighted by Gasteiger charge is 2.40. The molecule has 1 aliphatic carbocycles. The van der Waals surface area contributed by atoms with Gasteiger partial charge in [0.25, 0.3) is 5.91 Å². The van der Waals surface area contributed by atoms with Gasteiger partial charge in [-0.25, -0.2) is 4.98 Å². The first-order chi connectivity index (χ1) is 15.7. The second kappa shape index (κ2) is 8.55. The van der Waals surface area contributed by atoms with E-state index in [1.54, 1.807) is 29.7 Å². The van der Waals surface area contributed by atoms with Gasteiger partial charge in [0.15, 0.2) is 0 Å². The van der Waals surface area contributed by atoms with E-state index in [1.807, 2.05) is 42.6 Å². The van der Waals surface area contributed by atoms with Gasteiger partial charge in [-0.2, -0.15) is 0 Å². The zero-order valence-electron chi connectivity index (χ0n) is 17.6. The Hall–Kier alpha value is -3.51. The Labute approximate surface area is 191 Å². The van der Waals surface area contributed by atoms with Crippen LogP contribution in [0.25, 0.3) is 11.3 Å². The van der Waals surface area contributed by atoms with Crippen molar-refractivity contribution in [3.63, 3.8) is 0 Å². The summed E-state index contributed by atoms with van der Waals surface area (Å²) in [5.41, 5.74) is 10.9. The molecule has 5 nitrogen and oxygen atoms in total. The van der Waals surface area contributed by atoms with Crippen molar-refractivity contribution >= 4 is 28.6 Å². The number of nitrogens with one attached hydrogen (secondary N) is 1. The molecule has 0 radical (unpaired) electrons. The summed E-state index contributed by atoms with van der Waals surface area (Å²) in [5.74, 6) is -0.164. The molecule has 32 heavy (non-hydrogen) atoms. The van der Waals surface area contributed by atoms with Crippen LogP contribution >= 0.6 is 11.3 Å². The molecule has 4 aromatic rings. The van der Waals surface area contributed by atoms with Gasteiger partial charge >= 0.3 is 0 Å². The van der Waals surface area contributed by atoms with E-state index in [2.05, 4.69) is 27.8 Å². The Morgan fingerprint density at radius 1 is 1.00 bits per heavy atom. The molecule has 160 valence electrons. The van der Waals surface area contributed by atoms with Crippen molar-refractivity contribution < 1.29 is 4.79 Å². The van der Waals surface area contributed by atoms with Crippen LogP contribution in [0.5, 0.6) is 0 Å². The first-order valence-electron chi connectivity index (χ1n) is 10.8. The number of hydrogen-bond acceptors (Lipinski definition) is 5. The monoisotopic (exact) mass is 440 g/mol. The van der Waals surface area contributed by atoms with E-state index in [1.165, 1.54) is 18.4 Å². The van der Waals surface area contributed by atoms with Gasteiger partial charge in [-0.1, -0.05) is 37.1 Å². The predicted octanol–water partition coefficient (Wildman–Crippen LogP) is 5.90. The number of anilines is 2. The maximum Gasteiger partial charge on any atom is 0.255 e. The van der Waals surface area contributed by atoms with E-state index < -0.39 is 0 Å². The smallest absolute Gasteiger partial charge is 0.255 e. The van der Waals surface area contributed by atoms with Crippen molar-refractivity contribution in [1.29, 1.82) is 0 Å². The number of carbonyl (C=O) groups is 1. The lowest BCUT2D eigenvalue weighted by Gasteiger charge is -2.27. The molecule has 2 heterocycles. The SMILES string of the molecule is Nc1ccccc1NC(=O)c1ccc(C2(c3nc(-c4cccnc4)cs3)CCCC2)cc1. The molecular formula is C26H24N4OS. The lowest BCUT2D eigenvalue weighted by atomic mass is 9.79. The second-order valence-electron chi connectivity index (χ2n) is 8.19. The molecule has 0 atom stereocenters. The van der Waals surface area contributed by atoms with E-state index >= 15 is 0 Å². The zero-order chi connectivity index (χ0) is 22.0. The van der Waals surface area contributed by atoms with Crippen LogP contribution in [0, 0.1) is 0 Å². The van der Waals surface area contributed by atoms with Gasteiger partial charge in [-0.3, -0.25) is 9.78 Å². The third-order valence-electron chi connectivity index (χ3n) is 6.24. The molecule has 0 aliphatic heterocycles. The standard InChI is InChI=1S/C26H24N4OS/c27-21-7-1-2-8-22(21)29-24(31)18-9-11-20(12-10-18)26(13-3-4-14-26)25-30-23(17-32-25)19-6-5-15-28-16-19/h1-2,5-12,15-17H,3-4,13-14,27H2,(H,29,31). The average molecular weight is 441 g/mol.